The second-order valence-corrected chi connectivity index (χ2v) is 4.07. The minimum atomic E-state index is -0.930. The predicted molar refractivity (Wildman–Crippen MR) is 60.0 cm³/mol. The van der Waals surface area contributed by atoms with Crippen LogP contribution < -0.4 is 0 Å². The molecule has 0 radical (unpaired) electrons. The van der Waals surface area contributed by atoms with Gasteiger partial charge in [0.1, 0.15) is 5.76 Å². The van der Waals surface area contributed by atoms with Crippen molar-refractivity contribution in [1.29, 1.82) is 0 Å². The van der Waals surface area contributed by atoms with Crippen LogP contribution in [0.4, 0.5) is 0 Å². The van der Waals surface area contributed by atoms with E-state index in [1.807, 2.05) is 13.8 Å². The Labute approximate surface area is 95.6 Å². The third-order valence-electron chi connectivity index (χ3n) is 2.75. The quantitative estimate of drug-likeness (QED) is 0.796. The molecule has 0 aromatic heterocycles. The first-order chi connectivity index (χ1) is 7.51. The molecule has 0 saturated heterocycles. The number of carboxylic acid groups (broad SMARTS) is 1. The first-order valence-electron chi connectivity index (χ1n) is 5.26. The van der Waals surface area contributed by atoms with E-state index in [1.54, 1.807) is 13.2 Å². The summed E-state index contributed by atoms with van der Waals surface area (Å²) in [5.41, 5.74) is 1.24. The summed E-state index contributed by atoms with van der Waals surface area (Å²) < 4.78 is 10.4. The second kappa shape index (κ2) is 5.16. The zero-order chi connectivity index (χ0) is 12.3. The monoisotopic (exact) mass is 226 g/mol. The van der Waals surface area contributed by atoms with Crippen molar-refractivity contribution in [3.05, 3.63) is 23.0 Å². The highest BCUT2D eigenvalue weighted by Crippen LogP contribution is 2.30. The lowest BCUT2D eigenvalue weighted by Gasteiger charge is -2.25. The zero-order valence-corrected chi connectivity index (χ0v) is 10.1. The van der Waals surface area contributed by atoms with Gasteiger partial charge >= 0.3 is 5.97 Å². The molecule has 0 heterocycles. The van der Waals surface area contributed by atoms with Gasteiger partial charge in [-0.25, -0.2) is 4.79 Å². The first kappa shape index (κ1) is 12.8. The molecular formula is C12H18O4. The molecule has 0 aromatic carbocycles. The number of methoxy groups -OCH3 is 2. The van der Waals surface area contributed by atoms with E-state index < -0.39 is 12.1 Å². The van der Waals surface area contributed by atoms with Gasteiger partial charge in [-0.3, -0.25) is 0 Å². The lowest BCUT2D eigenvalue weighted by Crippen LogP contribution is -2.25. The summed E-state index contributed by atoms with van der Waals surface area (Å²) in [6, 6.07) is 0. The van der Waals surface area contributed by atoms with Crippen LogP contribution >= 0.6 is 0 Å². The van der Waals surface area contributed by atoms with Crippen LogP contribution in [0.3, 0.4) is 0 Å². The third kappa shape index (κ3) is 2.44. The summed E-state index contributed by atoms with van der Waals surface area (Å²) >= 11 is 0. The molecule has 0 amide bonds. The molecule has 1 atom stereocenters. The summed E-state index contributed by atoms with van der Waals surface area (Å²) in [5, 5.41) is 9.09. The molecule has 0 spiro atoms. The normalized spacial score (nSPS) is 21.1. The van der Waals surface area contributed by atoms with Gasteiger partial charge in [-0.05, 0) is 17.6 Å². The maximum Gasteiger partial charge on any atom is 0.334 e. The van der Waals surface area contributed by atoms with Crippen LogP contribution in [-0.4, -0.2) is 31.4 Å². The highest BCUT2D eigenvalue weighted by atomic mass is 16.5. The molecule has 0 fully saturated rings. The van der Waals surface area contributed by atoms with Gasteiger partial charge in [0.15, 0.2) is 0 Å². The van der Waals surface area contributed by atoms with Crippen LogP contribution in [0.25, 0.3) is 0 Å². The van der Waals surface area contributed by atoms with Crippen LogP contribution in [0.15, 0.2) is 23.0 Å². The molecule has 1 aliphatic carbocycles. The van der Waals surface area contributed by atoms with E-state index in [0.717, 1.165) is 11.3 Å². The molecule has 1 rings (SSSR count). The fourth-order valence-electron chi connectivity index (χ4n) is 1.84. The van der Waals surface area contributed by atoms with E-state index in [2.05, 4.69) is 0 Å². The molecule has 4 heteroatoms. The van der Waals surface area contributed by atoms with E-state index >= 15 is 0 Å². The molecule has 0 aromatic rings. The van der Waals surface area contributed by atoms with Crippen molar-refractivity contribution in [3.63, 3.8) is 0 Å². The lowest BCUT2D eigenvalue weighted by molar-refractivity contribution is -0.134. The molecule has 1 N–H and O–H groups in total. The summed E-state index contributed by atoms with van der Waals surface area (Å²) in [6.45, 7) is 4.02. The molecular weight excluding hydrogens is 208 g/mol. The Bertz CT molecular complexity index is 339. The fourth-order valence-corrected chi connectivity index (χ4v) is 1.84. The van der Waals surface area contributed by atoms with Gasteiger partial charge in [-0.2, -0.15) is 0 Å². The number of carboxylic acids is 1. The van der Waals surface area contributed by atoms with Gasteiger partial charge in [-0.15, -0.1) is 0 Å². The van der Waals surface area contributed by atoms with Crippen molar-refractivity contribution >= 4 is 5.97 Å². The van der Waals surface area contributed by atoms with Crippen molar-refractivity contribution in [1.82, 2.24) is 0 Å². The Hall–Kier alpha value is -1.29. The minimum Gasteiger partial charge on any atom is -0.501 e. The SMILES string of the molecule is COC1=C(C(C)C)C=C(C(=O)O)C(OC)C1. The predicted octanol–water partition coefficient (Wildman–Crippen LogP) is 1.97. The average Bonchev–Trinajstić information content (AvgIpc) is 2.26. The summed E-state index contributed by atoms with van der Waals surface area (Å²) in [7, 11) is 3.11. The minimum absolute atomic E-state index is 0.238. The van der Waals surface area contributed by atoms with Gasteiger partial charge in [0.25, 0.3) is 0 Å². The molecule has 0 saturated carbocycles. The summed E-state index contributed by atoms with van der Waals surface area (Å²) in [6.07, 6.45) is 1.73. The third-order valence-corrected chi connectivity index (χ3v) is 2.75. The Morgan fingerprint density at radius 3 is 2.50 bits per heavy atom. The number of hydrogen-bond donors (Lipinski definition) is 1. The van der Waals surface area contributed by atoms with Gasteiger partial charge in [0.05, 0.1) is 18.8 Å². The largest absolute Gasteiger partial charge is 0.501 e. The van der Waals surface area contributed by atoms with Crippen molar-refractivity contribution in [2.45, 2.75) is 26.4 Å². The van der Waals surface area contributed by atoms with Crippen molar-refractivity contribution < 1.29 is 19.4 Å². The van der Waals surface area contributed by atoms with Gasteiger partial charge in [0, 0.05) is 13.5 Å². The maximum absolute atomic E-state index is 11.1. The van der Waals surface area contributed by atoms with Gasteiger partial charge in [-0.1, -0.05) is 13.8 Å². The average molecular weight is 226 g/mol. The van der Waals surface area contributed by atoms with E-state index in [1.165, 1.54) is 7.11 Å². The molecule has 1 aliphatic rings. The van der Waals surface area contributed by atoms with Crippen LogP contribution in [-0.2, 0) is 14.3 Å². The van der Waals surface area contributed by atoms with Crippen LogP contribution in [0.2, 0.25) is 0 Å². The molecule has 4 nitrogen and oxygen atoms in total. The van der Waals surface area contributed by atoms with Crippen LogP contribution in [0, 0.1) is 5.92 Å². The first-order valence-corrected chi connectivity index (χ1v) is 5.26. The highest BCUT2D eigenvalue weighted by molar-refractivity contribution is 5.89. The van der Waals surface area contributed by atoms with Crippen LogP contribution in [0.1, 0.15) is 20.3 Å². The van der Waals surface area contributed by atoms with Crippen LogP contribution in [0.5, 0.6) is 0 Å². The van der Waals surface area contributed by atoms with E-state index in [0.29, 0.717) is 12.0 Å². The standard InChI is InChI=1S/C12H18O4/c1-7(2)8-5-9(12(13)14)11(16-4)6-10(8)15-3/h5,7,11H,6H2,1-4H3,(H,13,14). The smallest absolute Gasteiger partial charge is 0.334 e. The van der Waals surface area contributed by atoms with E-state index in [4.69, 9.17) is 14.6 Å². The fraction of sp³-hybridized carbons (Fsp3) is 0.583. The van der Waals surface area contributed by atoms with Crippen molar-refractivity contribution in [2.24, 2.45) is 5.92 Å². The molecule has 0 aliphatic heterocycles. The number of hydrogen-bond acceptors (Lipinski definition) is 3. The van der Waals surface area contributed by atoms with Crippen molar-refractivity contribution in [2.75, 3.05) is 14.2 Å². The molecule has 0 bridgehead atoms. The van der Waals surface area contributed by atoms with Gasteiger partial charge in [0.2, 0.25) is 0 Å². The number of aliphatic carboxylic acids is 1. The molecule has 16 heavy (non-hydrogen) atoms. The number of rotatable bonds is 4. The number of carbonyl (C=O) groups is 1. The summed E-state index contributed by atoms with van der Waals surface area (Å²) in [4.78, 5) is 11.1. The topological polar surface area (TPSA) is 55.8 Å². The van der Waals surface area contributed by atoms with E-state index in [9.17, 15) is 4.79 Å². The molecule has 1 unspecified atom stereocenters. The Balaban J connectivity index is 3.14. The Kier molecular flexibility index (Phi) is 4.12. The Morgan fingerprint density at radius 1 is 1.50 bits per heavy atom. The van der Waals surface area contributed by atoms with Crippen molar-refractivity contribution in [3.8, 4) is 0 Å². The highest BCUT2D eigenvalue weighted by Gasteiger charge is 2.28. The number of allylic oxidation sites excluding steroid dienone is 2. The van der Waals surface area contributed by atoms with E-state index in [-0.39, 0.29) is 5.92 Å². The second-order valence-electron chi connectivity index (χ2n) is 4.07. The molecule has 90 valence electrons. The Morgan fingerprint density at radius 2 is 2.12 bits per heavy atom. The van der Waals surface area contributed by atoms with Gasteiger partial charge < -0.3 is 14.6 Å². The summed E-state index contributed by atoms with van der Waals surface area (Å²) in [5.74, 6) is 0.120. The number of ether oxygens (including phenoxy) is 2. The lowest BCUT2D eigenvalue weighted by atomic mass is 9.89. The maximum atomic E-state index is 11.1. The zero-order valence-electron chi connectivity index (χ0n) is 10.1.